The molecule has 1 heterocycles. The van der Waals surface area contributed by atoms with E-state index in [0.29, 0.717) is 6.42 Å². The molecule has 0 atom stereocenters. The van der Waals surface area contributed by atoms with Crippen LogP contribution in [0.2, 0.25) is 0 Å². The second kappa shape index (κ2) is 7.69. The van der Waals surface area contributed by atoms with E-state index in [2.05, 4.69) is 17.1 Å². The van der Waals surface area contributed by atoms with Crippen molar-refractivity contribution in [2.24, 2.45) is 0 Å². The molecular formula is C12H24N2O. The summed E-state index contributed by atoms with van der Waals surface area (Å²) in [5.41, 5.74) is 0. The fraction of sp³-hybridized carbons (Fsp3) is 0.917. The van der Waals surface area contributed by atoms with E-state index in [4.69, 9.17) is 0 Å². The minimum atomic E-state index is 0.217. The standard InChI is InChI=1S/C12H24N2O/c1-2-8-13-12(15)7-6-11-14-9-4-3-5-10-14/h2-11H2,1H3,(H,13,15). The van der Waals surface area contributed by atoms with Crippen LogP contribution in [0.1, 0.15) is 45.4 Å². The van der Waals surface area contributed by atoms with Gasteiger partial charge >= 0.3 is 0 Å². The molecule has 1 aliphatic rings. The molecule has 0 aromatic rings. The van der Waals surface area contributed by atoms with Gasteiger partial charge in [-0.1, -0.05) is 13.3 Å². The molecule has 88 valence electrons. The molecule has 1 fully saturated rings. The first-order chi connectivity index (χ1) is 7.33. The van der Waals surface area contributed by atoms with Crippen molar-refractivity contribution in [2.45, 2.75) is 45.4 Å². The van der Waals surface area contributed by atoms with Crippen LogP contribution < -0.4 is 5.32 Å². The van der Waals surface area contributed by atoms with E-state index >= 15 is 0 Å². The average Bonchev–Trinajstić information content (AvgIpc) is 2.28. The van der Waals surface area contributed by atoms with Gasteiger partial charge in [0.05, 0.1) is 0 Å². The van der Waals surface area contributed by atoms with Crippen molar-refractivity contribution in [3.8, 4) is 0 Å². The Morgan fingerprint density at radius 3 is 2.67 bits per heavy atom. The van der Waals surface area contributed by atoms with Gasteiger partial charge < -0.3 is 10.2 Å². The first-order valence-electron chi connectivity index (χ1n) is 6.32. The Morgan fingerprint density at radius 2 is 2.00 bits per heavy atom. The van der Waals surface area contributed by atoms with Crippen LogP contribution in [0, 0.1) is 0 Å². The Hall–Kier alpha value is -0.570. The van der Waals surface area contributed by atoms with E-state index in [9.17, 15) is 4.79 Å². The molecule has 1 amide bonds. The summed E-state index contributed by atoms with van der Waals surface area (Å²) in [6.07, 6.45) is 6.78. The van der Waals surface area contributed by atoms with E-state index in [1.54, 1.807) is 0 Å². The summed E-state index contributed by atoms with van der Waals surface area (Å²) in [6.45, 7) is 6.46. The third kappa shape index (κ3) is 5.78. The number of rotatable bonds is 6. The summed E-state index contributed by atoms with van der Waals surface area (Å²) >= 11 is 0. The number of hydrogen-bond acceptors (Lipinski definition) is 2. The molecule has 0 radical (unpaired) electrons. The van der Waals surface area contributed by atoms with E-state index < -0.39 is 0 Å². The van der Waals surface area contributed by atoms with E-state index in [1.165, 1.54) is 32.4 Å². The lowest BCUT2D eigenvalue weighted by atomic mass is 10.1. The van der Waals surface area contributed by atoms with Crippen LogP contribution in [0.5, 0.6) is 0 Å². The van der Waals surface area contributed by atoms with Gasteiger partial charge in [0.25, 0.3) is 0 Å². The molecule has 3 heteroatoms. The van der Waals surface area contributed by atoms with Crippen molar-refractivity contribution in [3.63, 3.8) is 0 Å². The largest absolute Gasteiger partial charge is 0.356 e. The maximum Gasteiger partial charge on any atom is 0.220 e. The third-order valence-corrected chi connectivity index (χ3v) is 2.90. The van der Waals surface area contributed by atoms with Crippen LogP contribution >= 0.6 is 0 Å². The highest BCUT2D eigenvalue weighted by Crippen LogP contribution is 2.09. The predicted octanol–water partition coefficient (Wildman–Crippen LogP) is 1.78. The maximum absolute atomic E-state index is 11.3. The molecule has 0 spiro atoms. The lowest BCUT2D eigenvalue weighted by Crippen LogP contribution is -2.31. The molecule has 1 rings (SSSR count). The quantitative estimate of drug-likeness (QED) is 0.728. The highest BCUT2D eigenvalue weighted by atomic mass is 16.1. The van der Waals surface area contributed by atoms with Crippen LogP contribution in [0.25, 0.3) is 0 Å². The fourth-order valence-electron chi connectivity index (χ4n) is 2.00. The monoisotopic (exact) mass is 212 g/mol. The first kappa shape index (κ1) is 12.5. The van der Waals surface area contributed by atoms with Gasteiger partial charge in [-0.15, -0.1) is 0 Å². The molecule has 1 aliphatic heterocycles. The summed E-state index contributed by atoms with van der Waals surface area (Å²) < 4.78 is 0. The fourth-order valence-corrected chi connectivity index (χ4v) is 2.00. The number of nitrogens with zero attached hydrogens (tertiary/aromatic N) is 1. The number of carbonyl (C=O) groups is 1. The van der Waals surface area contributed by atoms with Gasteiger partial charge in [-0.3, -0.25) is 4.79 Å². The Morgan fingerprint density at radius 1 is 1.27 bits per heavy atom. The zero-order valence-electron chi connectivity index (χ0n) is 9.93. The second-order valence-corrected chi connectivity index (χ2v) is 4.36. The molecule has 0 aromatic carbocycles. The lowest BCUT2D eigenvalue weighted by molar-refractivity contribution is -0.121. The summed E-state index contributed by atoms with van der Waals surface area (Å²) in [5.74, 6) is 0.217. The smallest absolute Gasteiger partial charge is 0.220 e. The van der Waals surface area contributed by atoms with Crippen molar-refractivity contribution in [1.82, 2.24) is 10.2 Å². The minimum Gasteiger partial charge on any atom is -0.356 e. The topological polar surface area (TPSA) is 32.3 Å². The molecular weight excluding hydrogens is 188 g/mol. The molecule has 0 aromatic heterocycles. The summed E-state index contributed by atoms with van der Waals surface area (Å²) in [7, 11) is 0. The summed E-state index contributed by atoms with van der Waals surface area (Å²) in [6, 6.07) is 0. The summed E-state index contributed by atoms with van der Waals surface area (Å²) in [4.78, 5) is 13.8. The van der Waals surface area contributed by atoms with E-state index in [-0.39, 0.29) is 5.91 Å². The zero-order valence-corrected chi connectivity index (χ0v) is 9.93. The number of piperidine rings is 1. The Labute approximate surface area is 93.2 Å². The molecule has 0 aliphatic carbocycles. The molecule has 15 heavy (non-hydrogen) atoms. The van der Waals surface area contributed by atoms with Gasteiger partial charge in [0.2, 0.25) is 5.91 Å². The molecule has 1 saturated heterocycles. The number of likely N-dealkylation sites (tertiary alicyclic amines) is 1. The maximum atomic E-state index is 11.3. The van der Waals surface area contributed by atoms with Crippen LogP contribution in [-0.2, 0) is 4.79 Å². The first-order valence-corrected chi connectivity index (χ1v) is 6.32. The van der Waals surface area contributed by atoms with E-state index in [0.717, 1.165) is 25.9 Å². The predicted molar refractivity (Wildman–Crippen MR) is 62.8 cm³/mol. The van der Waals surface area contributed by atoms with Crippen LogP contribution in [0.15, 0.2) is 0 Å². The molecule has 3 nitrogen and oxygen atoms in total. The van der Waals surface area contributed by atoms with Crippen LogP contribution in [-0.4, -0.2) is 37.0 Å². The molecule has 1 N–H and O–H groups in total. The van der Waals surface area contributed by atoms with Gasteiger partial charge in [-0.25, -0.2) is 0 Å². The van der Waals surface area contributed by atoms with Gasteiger partial charge in [0, 0.05) is 13.0 Å². The zero-order chi connectivity index (χ0) is 10.9. The van der Waals surface area contributed by atoms with Gasteiger partial charge in [-0.2, -0.15) is 0 Å². The average molecular weight is 212 g/mol. The number of carbonyl (C=O) groups excluding carboxylic acids is 1. The van der Waals surface area contributed by atoms with Crippen molar-refractivity contribution >= 4 is 5.91 Å². The van der Waals surface area contributed by atoms with Crippen LogP contribution in [0.3, 0.4) is 0 Å². The van der Waals surface area contributed by atoms with Crippen molar-refractivity contribution in [2.75, 3.05) is 26.2 Å². The van der Waals surface area contributed by atoms with Crippen molar-refractivity contribution < 1.29 is 4.79 Å². The van der Waals surface area contributed by atoms with Gasteiger partial charge in [-0.05, 0) is 45.3 Å². The minimum absolute atomic E-state index is 0.217. The normalized spacial score (nSPS) is 17.7. The number of hydrogen-bond donors (Lipinski definition) is 1. The third-order valence-electron chi connectivity index (χ3n) is 2.90. The second-order valence-electron chi connectivity index (χ2n) is 4.36. The SMILES string of the molecule is CCCNC(=O)CCCN1CCCCC1. The highest BCUT2D eigenvalue weighted by molar-refractivity contribution is 5.75. The van der Waals surface area contributed by atoms with Gasteiger partial charge in [0.15, 0.2) is 0 Å². The number of amides is 1. The lowest BCUT2D eigenvalue weighted by Gasteiger charge is -2.26. The highest BCUT2D eigenvalue weighted by Gasteiger charge is 2.09. The van der Waals surface area contributed by atoms with Gasteiger partial charge in [0.1, 0.15) is 0 Å². The van der Waals surface area contributed by atoms with Crippen molar-refractivity contribution in [1.29, 1.82) is 0 Å². The molecule has 0 saturated carbocycles. The van der Waals surface area contributed by atoms with Crippen LogP contribution in [0.4, 0.5) is 0 Å². The Bertz CT molecular complexity index is 176. The van der Waals surface area contributed by atoms with Crippen molar-refractivity contribution in [3.05, 3.63) is 0 Å². The number of nitrogens with one attached hydrogen (secondary N) is 1. The Balaban J connectivity index is 1.97. The summed E-state index contributed by atoms with van der Waals surface area (Å²) in [5, 5.41) is 2.91. The van der Waals surface area contributed by atoms with E-state index in [1.807, 2.05) is 0 Å². The molecule has 0 unspecified atom stereocenters. The Kier molecular flexibility index (Phi) is 6.41. The molecule has 0 bridgehead atoms.